The van der Waals surface area contributed by atoms with Crippen molar-refractivity contribution in [2.75, 3.05) is 31.2 Å². The Labute approximate surface area is 237 Å². The number of carbonyl (C=O) groups excluding carboxylic acids is 1. The molecule has 5 rings (SSSR count). The summed E-state index contributed by atoms with van der Waals surface area (Å²) >= 11 is 0. The Morgan fingerprint density at radius 1 is 0.737 bits per heavy atom. The number of anilines is 1. The van der Waals surface area contributed by atoms with Gasteiger partial charge < -0.3 is 14.7 Å². The molecule has 2 aromatic rings. The summed E-state index contributed by atoms with van der Waals surface area (Å²) in [5, 5.41) is 0. The van der Waals surface area contributed by atoms with Gasteiger partial charge in [-0.3, -0.25) is 4.79 Å². The summed E-state index contributed by atoms with van der Waals surface area (Å²) < 4.78 is 0. The Morgan fingerprint density at radius 2 is 1.32 bits per heavy atom. The molecular formula is C33H48ClN3O. The number of amides is 1. The van der Waals surface area contributed by atoms with E-state index >= 15 is 0 Å². The van der Waals surface area contributed by atoms with E-state index in [4.69, 9.17) is 0 Å². The van der Waals surface area contributed by atoms with E-state index < -0.39 is 0 Å². The fourth-order valence-electron chi connectivity index (χ4n) is 7.06. The molecule has 1 aliphatic carbocycles. The topological polar surface area (TPSA) is 26.8 Å². The smallest absolute Gasteiger partial charge is 0.250 e. The minimum absolute atomic E-state index is 0. The third-order valence-electron chi connectivity index (χ3n) is 9.28. The molecule has 4 nitrogen and oxygen atoms in total. The van der Waals surface area contributed by atoms with Crippen LogP contribution in [0.15, 0.2) is 60.7 Å². The van der Waals surface area contributed by atoms with Crippen LogP contribution in [-0.2, 0) is 11.2 Å². The summed E-state index contributed by atoms with van der Waals surface area (Å²) in [5.74, 6) is 0.377. The van der Waals surface area contributed by atoms with Gasteiger partial charge in [0.1, 0.15) is 5.54 Å². The van der Waals surface area contributed by atoms with Crippen molar-refractivity contribution in [2.45, 2.75) is 101 Å². The summed E-state index contributed by atoms with van der Waals surface area (Å²) in [7, 11) is 0. The highest BCUT2D eigenvalue weighted by Gasteiger charge is 2.53. The summed E-state index contributed by atoms with van der Waals surface area (Å²) in [6, 6.07) is 22.2. The van der Waals surface area contributed by atoms with Gasteiger partial charge in [0.05, 0.1) is 6.67 Å². The van der Waals surface area contributed by atoms with Crippen molar-refractivity contribution in [3.05, 3.63) is 66.2 Å². The molecule has 2 aliphatic heterocycles. The van der Waals surface area contributed by atoms with E-state index in [1.54, 1.807) is 0 Å². The molecule has 3 aliphatic rings. The number of piperidine rings is 1. The first-order valence-corrected chi connectivity index (χ1v) is 15.2. The van der Waals surface area contributed by atoms with E-state index in [1.807, 2.05) is 0 Å². The van der Waals surface area contributed by atoms with Gasteiger partial charge in [0, 0.05) is 31.4 Å². The number of hydrogen-bond acceptors (Lipinski definition) is 3. The number of hydrogen-bond donors (Lipinski definition) is 0. The number of rotatable bonds is 7. The molecule has 2 heterocycles. The molecule has 1 saturated carbocycles. The van der Waals surface area contributed by atoms with Crippen LogP contribution >= 0.6 is 12.4 Å². The largest absolute Gasteiger partial charge is 0.339 e. The molecule has 0 N–H and O–H groups in total. The first kappa shape index (κ1) is 29.0. The number of carbonyl (C=O) groups is 1. The van der Waals surface area contributed by atoms with Crippen molar-refractivity contribution < 1.29 is 4.79 Å². The van der Waals surface area contributed by atoms with Crippen LogP contribution in [0.3, 0.4) is 0 Å². The van der Waals surface area contributed by atoms with Crippen molar-refractivity contribution in [2.24, 2.45) is 0 Å². The van der Waals surface area contributed by atoms with E-state index in [-0.39, 0.29) is 17.9 Å². The van der Waals surface area contributed by atoms with Crippen molar-refractivity contribution in [3.8, 4) is 0 Å². The third kappa shape index (κ3) is 6.93. The van der Waals surface area contributed by atoms with Gasteiger partial charge in [-0.2, -0.15) is 0 Å². The summed E-state index contributed by atoms with van der Waals surface area (Å²) in [6.07, 6.45) is 17.7. The van der Waals surface area contributed by atoms with Crippen LogP contribution in [0.5, 0.6) is 0 Å². The molecular weight excluding hydrogens is 490 g/mol. The van der Waals surface area contributed by atoms with Gasteiger partial charge in [-0.05, 0) is 62.6 Å². The van der Waals surface area contributed by atoms with Crippen molar-refractivity contribution in [1.82, 2.24) is 9.80 Å². The molecule has 0 aromatic heterocycles. The van der Waals surface area contributed by atoms with Gasteiger partial charge in [-0.1, -0.05) is 93.5 Å². The zero-order chi connectivity index (χ0) is 25.3. The predicted octanol–water partition coefficient (Wildman–Crippen LogP) is 7.47. The Balaban J connectivity index is 0.00000336. The SMILES string of the molecule is Cl.O=C1N(CCCCc2ccccc2)CN(c2ccccc2)C12CCN(C1CCCCCCCCC1)CC2. The molecule has 0 bridgehead atoms. The van der Waals surface area contributed by atoms with Gasteiger partial charge in [0.15, 0.2) is 0 Å². The van der Waals surface area contributed by atoms with Gasteiger partial charge in [-0.25, -0.2) is 0 Å². The number of likely N-dealkylation sites (tertiary alicyclic amines) is 1. The molecule has 0 unspecified atom stereocenters. The number of para-hydroxylation sites is 1. The molecule has 3 fully saturated rings. The van der Waals surface area contributed by atoms with Gasteiger partial charge in [-0.15, -0.1) is 12.4 Å². The van der Waals surface area contributed by atoms with E-state index in [9.17, 15) is 4.79 Å². The van der Waals surface area contributed by atoms with Crippen molar-refractivity contribution in [1.29, 1.82) is 0 Å². The fraction of sp³-hybridized carbons (Fsp3) is 0.606. The number of unbranched alkanes of at least 4 members (excludes halogenated alkanes) is 1. The molecule has 0 radical (unpaired) electrons. The summed E-state index contributed by atoms with van der Waals surface area (Å²) in [5.41, 5.74) is 2.23. The lowest BCUT2D eigenvalue weighted by molar-refractivity contribution is -0.133. The first-order valence-electron chi connectivity index (χ1n) is 15.2. The predicted molar refractivity (Wildman–Crippen MR) is 161 cm³/mol. The number of nitrogens with zero attached hydrogens (tertiary/aromatic N) is 3. The fourth-order valence-corrected chi connectivity index (χ4v) is 7.06. The van der Waals surface area contributed by atoms with Crippen LogP contribution in [0, 0.1) is 0 Å². The monoisotopic (exact) mass is 537 g/mol. The molecule has 1 spiro atoms. The zero-order valence-electron chi connectivity index (χ0n) is 23.2. The first-order chi connectivity index (χ1) is 18.3. The maximum Gasteiger partial charge on any atom is 0.250 e. The van der Waals surface area contributed by atoms with E-state index in [0.29, 0.717) is 11.9 Å². The molecule has 208 valence electrons. The maximum absolute atomic E-state index is 14.1. The lowest BCUT2D eigenvalue weighted by Gasteiger charge is -2.45. The quantitative estimate of drug-likeness (QED) is 0.343. The molecule has 2 saturated heterocycles. The van der Waals surface area contributed by atoms with E-state index in [1.165, 1.54) is 69.0 Å². The summed E-state index contributed by atoms with van der Waals surface area (Å²) in [6.45, 7) is 3.71. The Bertz CT molecular complexity index is 951. The average molecular weight is 538 g/mol. The van der Waals surface area contributed by atoms with E-state index in [2.05, 4.69) is 75.4 Å². The van der Waals surface area contributed by atoms with Gasteiger partial charge in [0.25, 0.3) is 0 Å². The highest BCUT2D eigenvalue weighted by Crippen LogP contribution is 2.40. The Morgan fingerprint density at radius 3 is 1.95 bits per heavy atom. The molecule has 5 heteroatoms. The Kier molecular flexibility index (Phi) is 11.0. The summed E-state index contributed by atoms with van der Waals surface area (Å²) in [4.78, 5) is 21.4. The number of aryl methyl sites for hydroxylation is 1. The second kappa shape index (κ2) is 14.4. The molecule has 38 heavy (non-hydrogen) atoms. The van der Waals surface area contributed by atoms with Gasteiger partial charge >= 0.3 is 0 Å². The van der Waals surface area contributed by atoms with Crippen LogP contribution in [-0.4, -0.2) is 53.6 Å². The third-order valence-corrected chi connectivity index (χ3v) is 9.28. The van der Waals surface area contributed by atoms with Crippen LogP contribution in [0.4, 0.5) is 5.69 Å². The zero-order valence-corrected chi connectivity index (χ0v) is 24.1. The minimum Gasteiger partial charge on any atom is -0.339 e. The van der Waals surface area contributed by atoms with Crippen LogP contribution < -0.4 is 4.90 Å². The lowest BCUT2D eigenvalue weighted by Crippen LogP contribution is -2.58. The number of benzene rings is 2. The second-order valence-electron chi connectivity index (χ2n) is 11.7. The van der Waals surface area contributed by atoms with Crippen LogP contribution in [0.2, 0.25) is 0 Å². The highest BCUT2D eigenvalue weighted by molar-refractivity contribution is 5.93. The van der Waals surface area contributed by atoms with E-state index in [0.717, 1.165) is 58.4 Å². The Hall–Kier alpha value is -2.04. The highest BCUT2D eigenvalue weighted by atomic mass is 35.5. The number of halogens is 1. The van der Waals surface area contributed by atoms with Crippen LogP contribution in [0.25, 0.3) is 0 Å². The van der Waals surface area contributed by atoms with Gasteiger partial charge in [0.2, 0.25) is 5.91 Å². The molecule has 2 aromatic carbocycles. The van der Waals surface area contributed by atoms with Crippen molar-refractivity contribution in [3.63, 3.8) is 0 Å². The normalized spacial score (nSPS) is 21.4. The van der Waals surface area contributed by atoms with Crippen LogP contribution in [0.1, 0.15) is 89.0 Å². The minimum atomic E-state index is -0.368. The second-order valence-corrected chi connectivity index (χ2v) is 11.7. The lowest BCUT2D eigenvalue weighted by atomic mass is 9.84. The molecule has 0 atom stereocenters. The average Bonchev–Trinajstić information content (AvgIpc) is 3.22. The molecule has 1 amide bonds. The van der Waals surface area contributed by atoms with Crippen molar-refractivity contribution >= 4 is 24.0 Å². The standard InChI is InChI=1S/C33H47N3O.ClH/c37-32-33(23-26-34(27-24-33)30-19-10-4-2-1-3-5-11-20-30)36(31-21-12-7-13-22-31)28-35(32)25-15-14-18-29-16-8-6-9-17-29;/h6-9,12-13,16-17,21-22,30H,1-5,10-11,14-15,18-20,23-28H2;1H. The maximum atomic E-state index is 14.1.